The quantitative estimate of drug-likeness (QED) is 0.420. The van der Waals surface area contributed by atoms with Crippen molar-refractivity contribution in [1.29, 1.82) is 0 Å². The Hall–Kier alpha value is -3.82. The molecule has 0 unspecified atom stereocenters. The van der Waals surface area contributed by atoms with Gasteiger partial charge in [-0.05, 0) is 31.0 Å². The Morgan fingerprint density at radius 3 is 2.35 bits per heavy atom. The van der Waals surface area contributed by atoms with Crippen LogP contribution in [-0.2, 0) is 22.7 Å². The fourth-order valence-electron chi connectivity index (χ4n) is 4.46. The third-order valence-electron chi connectivity index (χ3n) is 6.32. The second-order valence-electron chi connectivity index (χ2n) is 8.61. The van der Waals surface area contributed by atoms with Crippen LogP contribution in [0.5, 0.6) is 23.1 Å². The number of carbonyl (C=O) groups excluding carboxylic acids is 1. The molecule has 4 rings (SSSR count). The summed E-state index contributed by atoms with van der Waals surface area (Å²) in [5, 5.41) is 22.2. The Morgan fingerprint density at radius 2 is 1.70 bits per heavy atom. The molecule has 2 heterocycles. The fourth-order valence-corrected chi connectivity index (χ4v) is 4.46. The molecule has 37 heavy (non-hydrogen) atoms. The van der Waals surface area contributed by atoms with Crippen LogP contribution in [0, 0.1) is 0 Å². The zero-order chi connectivity index (χ0) is 26.4. The van der Waals surface area contributed by atoms with Crippen LogP contribution >= 0.6 is 0 Å². The largest absolute Gasteiger partial charge is 0.506 e. The molecule has 0 spiro atoms. The molecule has 2 N–H and O–H groups in total. The lowest BCUT2D eigenvalue weighted by atomic mass is 9.97. The highest BCUT2D eigenvalue weighted by molar-refractivity contribution is 6.02. The van der Waals surface area contributed by atoms with E-state index < -0.39 is 17.5 Å². The molecule has 1 saturated heterocycles. The maximum Gasteiger partial charge on any atom is 0.263 e. The van der Waals surface area contributed by atoms with E-state index in [9.17, 15) is 15.0 Å². The molecule has 3 aromatic rings. The molecule has 1 fully saturated rings. The van der Waals surface area contributed by atoms with Crippen molar-refractivity contribution in [3.63, 3.8) is 0 Å². The summed E-state index contributed by atoms with van der Waals surface area (Å²) in [5.74, 6) is -0.693. The lowest BCUT2D eigenvalue weighted by molar-refractivity contribution is 0.0436. The third kappa shape index (κ3) is 5.63. The number of hydrogen-bond donors (Lipinski definition) is 2. The van der Waals surface area contributed by atoms with Gasteiger partial charge < -0.3 is 34.1 Å². The Bertz CT molecular complexity index is 1210. The number of ether oxygens (including phenoxy) is 4. The number of aromatic nitrogens is 1. The molecule has 1 amide bonds. The van der Waals surface area contributed by atoms with Crippen LogP contribution < -0.4 is 9.47 Å². The number of likely N-dealkylation sites (tertiary alicyclic amines) is 1. The van der Waals surface area contributed by atoms with Crippen molar-refractivity contribution in [3.8, 4) is 34.3 Å². The van der Waals surface area contributed by atoms with Crippen molar-refractivity contribution >= 4 is 5.91 Å². The molecular formula is C28H32N2O7. The van der Waals surface area contributed by atoms with Crippen molar-refractivity contribution in [2.45, 2.75) is 32.7 Å². The van der Waals surface area contributed by atoms with Crippen LogP contribution in [0.3, 0.4) is 0 Å². The van der Waals surface area contributed by atoms with Gasteiger partial charge in [0, 0.05) is 19.7 Å². The summed E-state index contributed by atoms with van der Waals surface area (Å²) >= 11 is 0. The molecule has 196 valence electrons. The normalized spacial score (nSPS) is 15.1. The van der Waals surface area contributed by atoms with E-state index in [1.54, 1.807) is 23.1 Å². The maximum atomic E-state index is 13.5. The SMILES string of the molecule is CCOCc1nc(O)c(C(=O)N2CC[C@H](OCc3ccccc3)C2)c(O)c1-c1c(OC)cccc1OC. The van der Waals surface area contributed by atoms with Gasteiger partial charge in [0.2, 0.25) is 5.88 Å². The fraction of sp³-hybridized carbons (Fsp3) is 0.357. The number of benzene rings is 2. The van der Waals surface area contributed by atoms with Crippen molar-refractivity contribution < 1.29 is 34.0 Å². The summed E-state index contributed by atoms with van der Waals surface area (Å²) in [6.45, 7) is 3.41. The van der Waals surface area contributed by atoms with E-state index in [2.05, 4.69) is 4.98 Å². The highest BCUT2D eigenvalue weighted by Gasteiger charge is 2.34. The number of nitrogens with zero attached hydrogens (tertiary/aromatic N) is 2. The van der Waals surface area contributed by atoms with E-state index in [1.807, 2.05) is 37.3 Å². The Morgan fingerprint density at radius 1 is 1.00 bits per heavy atom. The monoisotopic (exact) mass is 508 g/mol. The molecule has 1 aliphatic heterocycles. The van der Waals surface area contributed by atoms with Gasteiger partial charge in [-0.1, -0.05) is 36.4 Å². The van der Waals surface area contributed by atoms with Crippen molar-refractivity contribution in [3.05, 3.63) is 65.4 Å². The molecule has 0 saturated carbocycles. The van der Waals surface area contributed by atoms with Crippen molar-refractivity contribution in [2.24, 2.45) is 0 Å². The zero-order valence-electron chi connectivity index (χ0n) is 21.3. The summed E-state index contributed by atoms with van der Waals surface area (Å²) in [6.07, 6.45) is 0.482. The zero-order valence-corrected chi connectivity index (χ0v) is 21.3. The number of rotatable bonds is 10. The van der Waals surface area contributed by atoms with Crippen LogP contribution in [-0.4, -0.2) is 66.0 Å². The molecule has 2 aromatic carbocycles. The number of carbonyl (C=O) groups is 1. The molecule has 1 aromatic heterocycles. The first-order chi connectivity index (χ1) is 18.0. The molecule has 0 radical (unpaired) electrons. The molecule has 9 heteroatoms. The van der Waals surface area contributed by atoms with Gasteiger partial charge in [0.05, 0.1) is 50.4 Å². The number of pyridine rings is 1. The molecule has 0 bridgehead atoms. The molecule has 9 nitrogen and oxygen atoms in total. The number of amides is 1. The summed E-state index contributed by atoms with van der Waals surface area (Å²) in [5.41, 5.74) is 1.63. The van der Waals surface area contributed by atoms with E-state index in [1.165, 1.54) is 14.2 Å². The highest BCUT2D eigenvalue weighted by Crippen LogP contribution is 2.47. The first-order valence-corrected chi connectivity index (χ1v) is 12.2. The molecular weight excluding hydrogens is 476 g/mol. The first-order valence-electron chi connectivity index (χ1n) is 12.2. The van der Waals surface area contributed by atoms with Crippen LogP contribution in [0.1, 0.15) is 35.0 Å². The maximum absolute atomic E-state index is 13.5. The summed E-state index contributed by atoms with van der Waals surface area (Å²) in [7, 11) is 2.99. The van der Waals surface area contributed by atoms with Crippen LogP contribution in [0.15, 0.2) is 48.5 Å². The number of hydrogen-bond acceptors (Lipinski definition) is 8. The summed E-state index contributed by atoms with van der Waals surface area (Å²) < 4.78 is 22.6. The summed E-state index contributed by atoms with van der Waals surface area (Å²) in [6, 6.07) is 15.0. The molecule has 1 aliphatic rings. The van der Waals surface area contributed by atoms with Gasteiger partial charge in [0.25, 0.3) is 5.91 Å². The number of aromatic hydroxyl groups is 2. The predicted molar refractivity (Wildman–Crippen MR) is 137 cm³/mol. The van der Waals surface area contributed by atoms with Crippen LogP contribution in [0.2, 0.25) is 0 Å². The van der Waals surface area contributed by atoms with E-state index in [-0.39, 0.29) is 29.5 Å². The van der Waals surface area contributed by atoms with Gasteiger partial charge >= 0.3 is 0 Å². The average molecular weight is 509 g/mol. The van der Waals surface area contributed by atoms with E-state index >= 15 is 0 Å². The standard InChI is InChI=1S/C28H32N2O7/c1-4-36-17-20-23(24-21(34-2)11-8-12-22(24)35-3)26(31)25(27(32)29-20)28(33)30-14-13-19(15-30)37-16-18-9-6-5-7-10-18/h5-12,19H,4,13-17H2,1-3H3,(H2,29,31,32)/t19-/m0/s1. The minimum absolute atomic E-state index is 0.00173. The topological polar surface area (TPSA) is 111 Å². The first kappa shape index (κ1) is 26.2. The minimum Gasteiger partial charge on any atom is -0.506 e. The minimum atomic E-state index is -0.566. The third-order valence-corrected chi connectivity index (χ3v) is 6.32. The second kappa shape index (κ2) is 11.9. The Labute approximate surface area is 216 Å². The lowest BCUT2D eigenvalue weighted by Gasteiger charge is -2.22. The number of methoxy groups -OCH3 is 2. The van der Waals surface area contributed by atoms with E-state index in [0.717, 1.165) is 5.56 Å². The van der Waals surface area contributed by atoms with Crippen LogP contribution in [0.4, 0.5) is 0 Å². The van der Waals surface area contributed by atoms with Crippen LogP contribution in [0.25, 0.3) is 11.1 Å². The van der Waals surface area contributed by atoms with Gasteiger partial charge in [0.15, 0.2) is 0 Å². The predicted octanol–water partition coefficient (Wildman–Crippen LogP) is 4.14. The molecule has 1 atom stereocenters. The van der Waals surface area contributed by atoms with Gasteiger partial charge in [-0.2, -0.15) is 0 Å². The second-order valence-corrected chi connectivity index (χ2v) is 8.61. The van der Waals surface area contributed by atoms with Gasteiger partial charge in [-0.15, -0.1) is 0 Å². The van der Waals surface area contributed by atoms with Gasteiger partial charge in [0.1, 0.15) is 22.8 Å². The smallest absolute Gasteiger partial charge is 0.263 e. The van der Waals surface area contributed by atoms with Crippen molar-refractivity contribution in [2.75, 3.05) is 33.9 Å². The van der Waals surface area contributed by atoms with Gasteiger partial charge in [-0.3, -0.25) is 4.79 Å². The highest BCUT2D eigenvalue weighted by atomic mass is 16.5. The Balaban J connectivity index is 1.67. The van der Waals surface area contributed by atoms with E-state index in [0.29, 0.717) is 49.8 Å². The van der Waals surface area contributed by atoms with Gasteiger partial charge in [-0.25, -0.2) is 4.98 Å². The average Bonchev–Trinajstić information content (AvgIpc) is 3.40. The molecule has 0 aliphatic carbocycles. The van der Waals surface area contributed by atoms with Crippen molar-refractivity contribution in [1.82, 2.24) is 9.88 Å². The van der Waals surface area contributed by atoms with E-state index in [4.69, 9.17) is 18.9 Å². The lowest BCUT2D eigenvalue weighted by Crippen LogP contribution is -2.30. The Kier molecular flexibility index (Phi) is 8.47. The summed E-state index contributed by atoms with van der Waals surface area (Å²) in [4.78, 5) is 19.4.